The fourth-order valence-electron chi connectivity index (χ4n) is 1.56. The van der Waals surface area contributed by atoms with E-state index in [4.69, 9.17) is 14.7 Å². The molecule has 0 aliphatic heterocycles. The van der Waals surface area contributed by atoms with Gasteiger partial charge in [-0.3, -0.25) is 4.79 Å². The maximum atomic E-state index is 11.6. The number of aliphatic hydroxyl groups excluding tert-OH is 1. The molecule has 0 radical (unpaired) electrons. The lowest BCUT2D eigenvalue weighted by Crippen LogP contribution is -2.29. The molecule has 0 aromatic heterocycles. The second kappa shape index (κ2) is 9.21. The summed E-state index contributed by atoms with van der Waals surface area (Å²) in [4.78, 5) is 11.6. The number of hydrogen-bond acceptors (Lipinski definition) is 5. The average Bonchev–Trinajstić information content (AvgIpc) is 2.46. The van der Waals surface area contributed by atoms with Crippen LogP contribution in [0, 0.1) is 11.3 Å². The minimum Gasteiger partial charge on any atom is -0.490 e. The molecule has 6 nitrogen and oxygen atoms in total. The Hall–Kier alpha value is -1.78. The molecule has 1 rings (SSSR count). The molecule has 2 N–H and O–H groups in total. The molecule has 0 fully saturated rings. The third-order valence-corrected chi connectivity index (χ3v) is 3.05. The van der Waals surface area contributed by atoms with Crippen molar-refractivity contribution in [1.29, 1.82) is 5.26 Å². The van der Waals surface area contributed by atoms with Crippen molar-refractivity contribution in [2.45, 2.75) is 20.0 Å². The van der Waals surface area contributed by atoms with Crippen LogP contribution >= 0.6 is 15.9 Å². The fourth-order valence-corrected chi connectivity index (χ4v) is 2.17. The zero-order valence-corrected chi connectivity index (χ0v) is 13.3. The average molecular weight is 357 g/mol. The van der Waals surface area contributed by atoms with Gasteiger partial charge in [-0.05, 0) is 40.5 Å². The SMILES string of the molecule is CCOc1cc(CO)cc(Br)c1OCC(=O)NCCC#N. The van der Waals surface area contributed by atoms with Gasteiger partial charge in [0, 0.05) is 6.54 Å². The van der Waals surface area contributed by atoms with Gasteiger partial charge in [0.15, 0.2) is 18.1 Å². The van der Waals surface area contributed by atoms with Crippen molar-refractivity contribution in [3.63, 3.8) is 0 Å². The maximum absolute atomic E-state index is 11.6. The molecule has 0 unspecified atom stereocenters. The summed E-state index contributed by atoms with van der Waals surface area (Å²) in [7, 11) is 0. The Morgan fingerprint density at radius 1 is 1.48 bits per heavy atom. The predicted octanol–water partition coefficient (Wildman–Crippen LogP) is 1.75. The standard InChI is InChI=1S/C14H17BrN2O4/c1-2-20-12-7-10(8-18)6-11(15)14(12)21-9-13(19)17-5-3-4-16/h6-7,18H,2-3,5,8-9H2,1H3,(H,17,19). The monoisotopic (exact) mass is 356 g/mol. The first kappa shape index (κ1) is 17.3. The molecule has 0 aliphatic carbocycles. The fraction of sp³-hybridized carbons (Fsp3) is 0.429. The van der Waals surface area contributed by atoms with E-state index in [2.05, 4.69) is 21.2 Å². The number of aliphatic hydroxyl groups is 1. The summed E-state index contributed by atoms with van der Waals surface area (Å²) < 4.78 is 11.5. The number of nitrogens with zero attached hydrogens (tertiary/aromatic N) is 1. The molecule has 0 spiro atoms. The van der Waals surface area contributed by atoms with Crippen molar-refractivity contribution in [2.24, 2.45) is 0 Å². The van der Waals surface area contributed by atoms with Gasteiger partial charge in [0.2, 0.25) is 0 Å². The molecule has 0 saturated carbocycles. The van der Waals surface area contributed by atoms with E-state index in [9.17, 15) is 9.90 Å². The van der Waals surface area contributed by atoms with Gasteiger partial charge in [0.05, 0.1) is 30.2 Å². The van der Waals surface area contributed by atoms with E-state index >= 15 is 0 Å². The van der Waals surface area contributed by atoms with E-state index in [0.29, 0.717) is 34.7 Å². The highest BCUT2D eigenvalue weighted by atomic mass is 79.9. The predicted molar refractivity (Wildman–Crippen MR) is 80.0 cm³/mol. The minimum atomic E-state index is -0.314. The van der Waals surface area contributed by atoms with Crippen molar-refractivity contribution in [3.05, 3.63) is 22.2 Å². The highest BCUT2D eigenvalue weighted by molar-refractivity contribution is 9.10. The van der Waals surface area contributed by atoms with Gasteiger partial charge in [0.1, 0.15) is 0 Å². The Bertz CT molecular complexity index is 528. The molecular formula is C14H17BrN2O4. The van der Waals surface area contributed by atoms with E-state index in [1.807, 2.05) is 13.0 Å². The molecular weight excluding hydrogens is 340 g/mol. The molecule has 114 valence electrons. The van der Waals surface area contributed by atoms with Crippen molar-refractivity contribution in [2.75, 3.05) is 19.8 Å². The highest BCUT2D eigenvalue weighted by Crippen LogP contribution is 2.36. The van der Waals surface area contributed by atoms with Crippen LogP contribution < -0.4 is 14.8 Å². The Labute approximate surface area is 131 Å². The molecule has 1 aromatic carbocycles. The van der Waals surface area contributed by atoms with Crippen LogP contribution in [-0.4, -0.2) is 30.8 Å². The highest BCUT2D eigenvalue weighted by Gasteiger charge is 2.13. The molecule has 0 bridgehead atoms. The normalized spacial score (nSPS) is 9.81. The Morgan fingerprint density at radius 2 is 2.24 bits per heavy atom. The first-order chi connectivity index (χ1) is 10.1. The number of hydrogen-bond donors (Lipinski definition) is 2. The van der Waals surface area contributed by atoms with Crippen LogP contribution in [0.1, 0.15) is 18.9 Å². The van der Waals surface area contributed by atoms with Crippen molar-refractivity contribution >= 4 is 21.8 Å². The summed E-state index contributed by atoms with van der Waals surface area (Å²) in [6.07, 6.45) is 0.255. The second-order valence-electron chi connectivity index (χ2n) is 4.04. The molecule has 21 heavy (non-hydrogen) atoms. The van der Waals surface area contributed by atoms with Crippen molar-refractivity contribution < 1.29 is 19.4 Å². The van der Waals surface area contributed by atoms with Gasteiger partial charge in [0.25, 0.3) is 5.91 Å². The molecule has 1 amide bonds. The first-order valence-corrected chi connectivity index (χ1v) is 7.24. The molecule has 1 aromatic rings. The smallest absolute Gasteiger partial charge is 0.257 e. The number of amides is 1. The largest absolute Gasteiger partial charge is 0.490 e. The summed E-state index contributed by atoms with van der Waals surface area (Å²) in [5.41, 5.74) is 0.677. The Morgan fingerprint density at radius 3 is 2.86 bits per heavy atom. The van der Waals surface area contributed by atoms with Crippen LogP contribution in [0.3, 0.4) is 0 Å². The number of rotatable bonds is 8. The van der Waals surface area contributed by atoms with Crippen LogP contribution in [0.5, 0.6) is 11.5 Å². The molecule has 7 heteroatoms. The lowest BCUT2D eigenvalue weighted by atomic mass is 10.2. The lowest BCUT2D eigenvalue weighted by molar-refractivity contribution is -0.123. The van der Waals surface area contributed by atoms with E-state index in [1.165, 1.54) is 0 Å². The van der Waals surface area contributed by atoms with Gasteiger partial charge >= 0.3 is 0 Å². The van der Waals surface area contributed by atoms with Gasteiger partial charge in [-0.1, -0.05) is 0 Å². The zero-order chi connectivity index (χ0) is 15.7. The Kier molecular flexibility index (Phi) is 7.58. The van der Waals surface area contributed by atoms with Gasteiger partial charge in [-0.25, -0.2) is 0 Å². The van der Waals surface area contributed by atoms with Crippen LogP contribution in [0.4, 0.5) is 0 Å². The number of carbonyl (C=O) groups excluding carboxylic acids is 1. The number of benzene rings is 1. The number of carbonyl (C=O) groups is 1. The third-order valence-electron chi connectivity index (χ3n) is 2.46. The number of nitrogens with one attached hydrogen (secondary N) is 1. The van der Waals surface area contributed by atoms with E-state index in [0.717, 1.165) is 0 Å². The summed E-state index contributed by atoms with van der Waals surface area (Å²) >= 11 is 3.33. The second-order valence-corrected chi connectivity index (χ2v) is 4.90. The van der Waals surface area contributed by atoms with E-state index < -0.39 is 0 Å². The van der Waals surface area contributed by atoms with Gasteiger partial charge < -0.3 is 19.9 Å². The van der Waals surface area contributed by atoms with E-state index in [1.54, 1.807) is 12.1 Å². The Balaban J connectivity index is 2.73. The molecule has 0 aliphatic rings. The number of nitriles is 1. The van der Waals surface area contributed by atoms with Crippen molar-refractivity contribution in [1.82, 2.24) is 5.32 Å². The first-order valence-electron chi connectivity index (χ1n) is 6.44. The molecule has 0 atom stereocenters. The summed E-state index contributed by atoms with van der Waals surface area (Å²) in [5, 5.41) is 20.1. The summed E-state index contributed by atoms with van der Waals surface area (Å²) in [6.45, 7) is 2.27. The van der Waals surface area contributed by atoms with Crippen LogP contribution in [0.15, 0.2) is 16.6 Å². The molecule has 0 heterocycles. The zero-order valence-electron chi connectivity index (χ0n) is 11.7. The minimum absolute atomic E-state index is 0.117. The summed E-state index contributed by atoms with van der Waals surface area (Å²) in [5.74, 6) is 0.552. The summed E-state index contributed by atoms with van der Waals surface area (Å²) in [6, 6.07) is 5.30. The third kappa shape index (κ3) is 5.61. The van der Waals surface area contributed by atoms with Crippen LogP contribution in [-0.2, 0) is 11.4 Å². The van der Waals surface area contributed by atoms with Gasteiger partial charge in [-0.15, -0.1) is 0 Å². The number of ether oxygens (including phenoxy) is 2. The van der Waals surface area contributed by atoms with Crippen molar-refractivity contribution in [3.8, 4) is 17.6 Å². The molecule has 0 saturated heterocycles. The number of halogens is 1. The van der Waals surface area contributed by atoms with Crippen LogP contribution in [0.25, 0.3) is 0 Å². The van der Waals surface area contributed by atoms with Gasteiger partial charge in [-0.2, -0.15) is 5.26 Å². The maximum Gasteiger partial charge on any atom is 0.257 e. The van der Waals surface area contributed by atoms with Crippen LogP contribution in [0.2, 0.25) is 0 Å². The lowest BCUT2D eigenvalue weighted by Gasteiger charge is -2.14. The van der Waals surface area contributed by atoms with E-state index in [-0.39, 0.29) is 25.5 Å². The topological polar surface area (TPSA) is 91.6 Å². The quantitative estimate of drug-likeness (QED) is 0.692.